The van der Waals surface area contributed by atoms with Gasteiger partial charge in [0.05, 0.1) is 11.1 Å². The van der Waals surface area contributed by atoms with E-state index in [1.54, 1.807) is 18.2 Å². The smallest absolute Gasteiger partial charge is 0.266 e. The summed E-state index contributed by atoms with van der Waals surface area (Å²) >= 11 is 3.38. The van der Waals surface area contributed by atoms with Crippen LogP contribution in [0.25, 0.3) is 6.08 Å². The minimum atomic E-state index is -0.504. The van der Waals surface area contributed by atoms with Crippen LogP contribution in [-0.4, -0.2) is 19.1 Å². The Balaban J connectivity index is 2.35. The van der Waals surface area contributed by atoms with E-state index in [0.717, 1.165) is 5.56 Å². The van der Waals surface area contributed by atoms with E-state index in [2.05, 4.69) is 21.2 Å². The Labute approximate surface area is 172 Å². The molecule has 1 N–H and O–H groups in total. The van der Waals surface area contributed by atoms with Crippen molar-refractivity contribution in [1.82, 2.24) is 0 Å². The second-order valence-corrected chi connectivity index (χ2v) is 6.50. The van der Waals surface area contributed by atoms with Gasteiger partial charge in [-0.15, -0.1) is 0 Å². The number of ether oxygens (including phenoxy) is 2. The van der Waals surface area contributed by atoms with Gasteiger partial charge in [0, 0.05) is 5.69 Å². The van der Waals surface area contributed by atoms with Crippen LogP contribution in [0.1, 0.15) is 18.1 Å². The number of nitriles is 2. The van der Waals surface area contributed by atoms with Crippen LogP contribution in [-0.2, 0) is 4.79 Å². The van der Waals surface area contributed by atoms with Crippen molar-refractivity contribution in [3.63, 3.8) is 0 Å². The van der Waals surface area contributed by atoms with Crippen molar-refractivity contribution in [2.45, 2.75) is 13.8 Å². The van der Waals surface area contributed by atoms with E-state index in [1.807, 2.05) is 44.2 Å². The van der Waals surface area contributed by atoms with Gasteiger partial charge in [0.15, 0.2) is 18.1 Å². The standard InChI is InChI=1S/C21H18BrN3O3/c1-3-27-19-12-15(11-17(22)20(19)28-9-8-23)10-16(13-24)21(26)25-18-7-5-4-6-14(18)2/h4-7,10-12H,3,9H2,1-2H3,(H,25,26)/b16-10+. The van der Waals surface area contributed by atoms with Gasteiger partial charge in [0.1, 0.15) is 17.7 Å². The topological polar surface area (TPSA) is 95.1 Å². The van der Waals surface area contributed by atoms with Crippen molar-refractivity contribution in [2.75, 3.05) is 18.5 Å². The average Bonchev–Trinajstić information content (AvgIpc) is 2.67. The summed E-state index contributed by atoms with van der Waals surface area (Å²) in [5.74, 6) is 0.300. The lowest BCUT2D eigenvalue weighted by Crippen LogP contribution is -2.14. The number of carbonyl (C=O) groups excluding carboxylic acids is 1. The maximum absolute atomic E-state index is 12.5. The number of carbonyl (C=O) groups is 1. The molecule has 0 saturated heterocycles. The zero-order chi connectivity index (χ0) is 20.5. The average molecular weight is 440 g/mol. The van der Waals surface area contributed by atoms with Crippen molar-refractivity contribution in [1.29, 1.82) is 10.5 Å². The molecule has 0 bridgehead atoms. The maximum atomic E-state index is 12.5. The normalized spacial score (nSPS) is 10.5. The van der Waals surface area contributed by atoms with Gasteiger partial charge in [-0.25, -0.2) is 0 Å². The minimum absolute atomic E-state index is 0.0525. The van der Waals surface area contributed by atoms with Crippen LogP contribution in [0.5, 0.6) is 11.5 Å². The van der Waals surface area contributed by atoms with Gasteiger partial charge in [-0.3, -0.25) is 4.79 Å². The zero-order valence-electron chi connectivity index (χ0n) is 15.5. The predicted octanol–water partition coefficient (Wildman–Crippen LogP) is 4.60. The SMILES string of the molecule is CCOc1cc(/C=C(\C#N)C(=O)Nc2ccccc2C)cc(Br)c1OCC#N. The molecule has 0 spiro atoms. The first-order valence-corrected chi connectivity index (χ1v) is 9.24. The van der Waals surface area contributed by atoms with Gasteiger partial charge in [0.2, 0.25) is 0 Å². The Morgan fingerprint density at radius 2 is 2.00 bits per heavy atom. The molecule has 0 heterocycles. The first-order valence-electron chi connectivity index (χ1n) is 8.45. The van der Waals surface area contributed by atoms with Crippen LogP contribution in [0.3, 0.4) is 0 Å². The van der Waals surface area contributed by atoms with E-state index in [-0.39, 0.29) is 12.2 Å². The first-order chi connectivity index (χ1) is 13.5. The van der Waals surface area contributed by atoms with E-state index >= 15 is 0 Å². The fourth-order valence-corrected chi connectivity index (χ4v) is 2.97. The number of para-hydroxylation sites is 1. The molecular formula is C21H18BrN3O3. The monoisotopic (exact) mass is 439 g/mol. The van der Waals surface area contributed by atoms with Crippen molar-refractivity contribution >= 4 is 33.6 Å². The van der Waals surface area contributed by atoms with Crippen LogP contribution < -0.4 is 14.8 Å². The molecule has 7 heteroatoms. The van der Waals surface area contributed by atoms with Crippen LogP contribution in [0.4, 0.5) is 5.69 Å². The Morgan fingerprint density at radius 3 is 2.64 bits per heavy atom. The van der Waals surface area contributed by atoms with Crippen molar-refractivity contribution in [3.05, 3.63) is 57.6 Å². The first kappa shape index (κ1) is 21.0. The third-order valence-corrected chi connectivity index (χ3v) is 4.27. The lowest BCUT2D eigenvalue weighted by atomic mass is 10.1. The summed E-state index contributed by atoms with van der Waals surface area (Å²) in [5.41, 5.74) is 2.07. The molecule has 0 radical (unpaired) electrons. The Morgan fingerprint density at radius 1 is 1.25 bits per heavy atom. The number of hydrogen-bond donors (Lipinski definition) is 1. The van der Waals surface area contributed by atoms with Crippen LogP contribution in [0, 0.1) is 29.6 Å². The molecule has 28 heavy (non-hydrogen) atoms. The molecular weight excluding hydrogens is 422 g/mol. The molecule has 2 rings (SSSR count). The number of amides is 1. The number of halogens is 1. The number of nitrogens with zero attached hydrogens (tertiary/aromatic N) is 2. The molecule has 142 valence electrons. The third kappa shape index (κ3) is 5.35. The molecule has 0 saturated carbocycles. The quantitative estimate of drug-likeness (QED) is 0.502. The van der Waals surface area contributed by atoms with Crippen LogP contribution >= 0.6 is 15.9 Å². The molecule has 0 atom stereocenters. The summed E-state index contributed by atoms with van der Waals surface area (Å²) in [6.45, 7) is 3.95. The largest absolute Gasteiger partial charge is 0.490 e. The van der Waals surface area contributed by atoms with Crippen LogP contribution in [0.2, 0.25) is 0 Å². The van der Waals surface area contributed by atoms with Gasteiger partial charge >= 0.3 is 0 Å². The molecule has 6 nitrogen and oxygen atoms in total. The van der Waals surface area contributed by atoms with E-state index in [9.17, 15) is 10.1 Å². The molecule has 0 aliphatic rings. The highest BCUT2D eigenvalue weighted by Crippen LogP contribution is 2.37. The maximum Gasteiger partial charge on any atom is 0.266 e. The van der Waals surface area contributed by atoms with E-state index in [0.29, 0.717) is 33.8 Å². The summed E-state index contributed by atoms with van der Waals surface area (Å²) in [6, 6.07) is 14.5. The second kappa shape index (κ2) is 10.1. The van der Waals surface area contributed by atoms with Gasteiger partial charge < -0.3 is 14.8 Å². The van der Waals surface area contributed by atoms with Crippen molar-refractivity contribution in [2.24, 2.45) is 0 Å². The van der Waals surface area contributed by atoms with E-state index in [4.69, 9.17) is 14.7 Å². The number of nitrogens with one attached hydrogen (secondary N) is 1. The molecule has 2 aromatic rings. The fourth-order valence-electron chi connectivity index (χ4n) is 2.40. The van der Waals surface area contributed by atoms with Crippen molar-refractivity contribution in [3.8, 4) is 23.6 Å². The summed E-state index contributed by atoms with van der Waals surface area (Å²) in [5, 5.41) is 20.9. The summed E-state index contributed by atoms with van der Waals surface area (Å²) in [7, 11) is 0. The number of anilines is 1. The molecule has 0 aliphatic carbocycles. The zero-order valence-corrected chi connectivity index (χ0v) is 17.0. The highest BCUT2D eigenvalue weighted by molar-refractivity contribution is 9.10. The van der Waals surface area contributed by atoms with Gasteiger partial charge in [-0.05, 0) is 65.2 Å². The molecule has 1 amide bonds. The molecule has 0 fully saturated rings. The Bertz CT molecular complexity index is 987. The Hall–Kier alpha value is -3.29. The summed E-state index contributed by atoms with van der Waals surface area (Å²) in [4.78, 5) is 12.5. The number of hydrogen-bond acceptors (Lipinski definition) is 5. The number of benzene rings is 2. The number of aryl methyl sites for hydroxylation is 1. The molecule has 0 aromatic heterocycles. The fraction of sp³-hybridized carbons (Fsp3) is 0.190. The third-order valence-electron chi connectivity index (χ3n) is 3.68. The number of rotatable bonds is 7. The van der Waals surface area contributed by atoms with Crippen molar-refractivity contribution < 1.29 is 14.3 Å². The summed E-state index contributed by atoms with van der Waals surface area (Å²) < 4.78 is 11.5. The second-order valence-electron chi connectivity index (χ2n) is 5.65. The molecule has 2 aromatic carbocycles. The molecule has 0 aliphatic heterocycles. The van der Waals surface area contributed by atoms with Gasteiger partial charge in [-0.1, -0.05) is 18.2 Å². The molecule has 0 unspecified atom stereocenters. The van der Waals surface area contributed by atoms with Gasteiger partial charge in [0.25, 0.3) is 5.91 Å². The highest BCUT2D eigenvalue weighted by Gasteiger charge is 2.15. The van der Waals surface area contributed by atoms with E-state index in [1.165, 1.54) is 6.08 Å². The predicted molar refractivity (Wildman–Crippen MR) is 110 cm³/mol. The van der Waals surface area contributed by atoms with Crippen LogP contribution in [0.15, 0.2) is 46.4 Å². The minimum Gasteiger partial charge on any atom is -0.490 e. The van der Waals surface area contributed by atoms with E-state index < -0.39 is 5.91 Å². The lowest BCUT2D eigenvalue weighted by Gasteiger charge is -2.13. The van der Waals surface area contributed by atoms with Gasteiger partial charge in [-0.2, -0.15) is 10.5 Å². The highest BCUT2D eigenvalue weighted by atomic mass is 79.9. The summed E-state index contributed by atoms with van der Waals surface area (Å²) in [6.07, 6.45) is 1.47. The lowest BCUT2D eigenvalue weighted by molar-refractivity contribution is -0.112. The Kier molecular flexibility index (Phi) is 7.62.